The zero-order chi connectivity index (χ0) is 14.3. The summed E-state index contributed by atoms with van der Waals surface area (Å²) in [5.74, 6) is 4.29. The Morgan fingerprint density at radius 1 is 1.47 bits per heavy atom. The number of nitrogens with zero attached hydrogens (tertiary/aromatic N) is 1. The fourth-order valence-corrected chi connectivity index (χ4v) is 1.18. The molecule has 19 heavy (non-hydrogen) atoms. The number of aliphatic hydroxyl groups excluding tert-OH is 1. The van der Waals surface area contributed by atoms with E-state index in [0.717, 1.165) is 0 Å². The number of alkyl halides is 3. The van der Waals surface area contributed by atoms with Crippen LogP contribution in [0.1, 0.15) is 22.3 Å². The van der Waals surface area contributed by atoms with Gasteiger partial charge in [0, 0.05) is 18.8 Å². The number of hydrogen-bond acceptors (Lipinski definition) is 3. The van der Waals surface area contributed by atoms with Crippen LogP contribution >= 0.6 is 0 Å². The van der Waals surface area contributed by atoms with E-state index in [9.17, 15) is 18.0 Å². The molecule has 0 saturated heterocycles. The summed E-state index contributed by atoms with van der Waals surface area (Å²) in [6.07, 6.45) is -1.68. The van der Waals surface area contributed by atoms with Crippen LogP contribution in [0.4, 0.5) is 13.2 Å². The summed E-state index contributed by atoms with van der Waals surface area (Å²) >= 11 is 0. The van der Waals surface area contributed by atoms with E-state index in [-0.39, 0.29) is 24.2 Å². The van der Waals surface area contributed by atoms with Crippen molar-refractivity contribution >= 4 is 5.91 Å². The number of aliphatic hydroxyl groups is 1. The van der Waals surface area contributed by atoms with E-state index in [1.54, 1.807) is 5.32 Å². The maximum atomic E-state index is 12.0. The van der Waals surface area contributed by atoms with E-state index >= 15 is 0 Å². The van der Waals surface area contributed by atoms with Gasteiger partial charge in [0.15, 0.2) is 0 Å². The van der Waals surface area contributed by atoms with Crippen LogP contribution in [-0.2, 0) is 0 Å². The zero-order valence-corrected chi connectivity index (χ0v) is 9.79. The number of hydrogen-bond donors (Lipinski definition) is 2. The summed E-state index contributed by atoms with van der Waals surface area (Å²) in [5.41, 5.74) is 0.236. The molecule has 1 aromatic rings. The van der Waals surface area contributed by atoms with Crippen molar-refractivity contribution in [3.05, 3.63) is 29.6 Å². The monoisotopic (exact) mass is 272 g/mol. The highest BCUT2D eigenvalue weighted by Crippen LogP contribution is 2.13. The molecule has 0 aliphatic carbocycles. The molecule has 7 heteroatoms. The molecule has 0 bridgehead atoms. The molecule has 0 spiro atoms. The first-order valence-electron chi connectivity index (χ1n) is 5.33. The molecule has 1 aromatic heterocycles. The highest BCUT2D eigenvalue weighted by atomic mass is 19.4. The lowest BCUT2D eigenvalue weighted by molar-refractivity contribution is -0.123. The van der Waals surface area contributed by atoms with Crippen LogP contribution in [0.2, 0.25) is 0 Å². The van der Waals surface area contributed by atoms with Gasteiger partial charge >= 0.3 is 6.18 Å². The molecule has 4 nitrogen and oxygen atoms in total. The van der Waals surface area contributed by atoms with Crippen LogP contribution in [0.25, 0.3) is 0 Å². The first-order chi connectivity index (χ1) is 8.94. The van der Waals surface area contributed by atoms with Gasteiger partial charge in [0.05, 0.1) is 17.7 Å². The van der Waals surface area contributed by atoms with Crippen molar-refractivity contribution in [2.45, 2.75) is 12.6 Å². The molecular weight excluding hydrogens is 261 g/mol. The number of carbonyl (C=O) groups is 1. The Morgan fingerprint density at radius 3 is 2.84 bits per heavy atom. The van der Waals surface area contributed by atoms with Gasteiger partial charge in [0.25, 0.3) is 5.91 Å². The van der Waals surface area contributed by atoms with Crippen molar-refractivity contribution in [3.63, 3.8) is 0 Å². The normalized spacial score (nSPS) is 10.5. The van der Waals surface area contributed by atoms with E-state index in [4.69, 9.17) is 5.11 Å². The number of amides is 1. The SMILES string of the molecule is O=C(NCC(F)(F)F)c1ccncc1C#CCCO. The van der Waals surface area contributed by atoms with Crippen LogP contribution in [0.3, 0.4) is 0 Å². The average Bonchev–Trinajstić information content (AvgIpc) is 2.36. The van der Waals surface area contributed by atoms with Crippen molar-refractivity contribution in [1.29, 1.82) is 0 Å². The summed E-state index contributed by atoms with van der Waals surface area (Å²) in [6.45, 7) is -1.54. The second-order valence-corrected chi connectivity index (χ2v) is 3.49. The molecule has 1 heterocycles. The Kier molecular flexibility index (Phi) is 5.33. The number of pyridine rings is 1. The lowest BCUT2D eigenvalue weighted by atomic mass is 10.1. The third kappa shape index (κ3) is 5.40. The summed E-state index contributed by atoms with van der Waals surface area (Å²) < 4.78 is 36.0. The molecule has 0 saturated carbocycles. The standard InChI is InChI=1S/C12H11F3N2O2/c13-12(14,15)8-17-11(19)10-4-5-16-7-9(10)3-1-2-6-18/h4-5,7,18H,2,6,8H2,(H,17,19). The second-order valence-electron chi connectivity index (χ2n) is 3.49. The van der Waals surface area contributed by atoms with E-state index in [1.807, 2.05) is 0 Å². The number of aromatic nitrogens is 1. The van der Waals surface area contributed by atoms with Crippen LogP contribution < -0.4 is 5.32 Å². The molecule has 0 fully saturated rings. The average molecular weight is 272 g/mol. The van der Waals surface area contributed by atoms with Crippen molar-refractivity contribution in [2.75, 3.05) is 13.2 Å². The molecule has 1 rings (SSSR count). The third-order valence-corrected chi connectivity index (χ3v) is 1.97. The van der Waals surface area contributed by atoms with Crippen molar-refractivity contribution in [3.8, 4) is 11.8 Å². The van der Waals surface area contributed by atoms with Crippen molar-refractivity contribution in [2.24, 2.45) is 0 Å². The minimum absolute atomic E-state index is 0.0182. The van der Waals surface area contributed by atoms with Gasteiger partial charge in [-0.3, -0.25) is 9.78 Å². The predicted octanol–water partition coefficient (Wildman–Crippen LogP) is 1.11. The van der Waals surface area contributed by atoms with E-state index < -0.39 is 18.6 Å². The van der Waals surface area contributed by atoms with Gasteiger partial charge in [-0.25, -0.2) is 0 Å². The highest BCUT2D eigenvalue weighted by Gasteiger charge is 2.28. The Bertz CT molecular complexity index is 504. The molecule has 0 unspecified atom stereocenters. The molecule has 102 valence electrons. The first-order valence-corrected chi connectivity index (χ1v) is 5.33. The van der Waals surface area contributed by atoms with Crippen LogP contribution in [0, 0.1) is 11.8 Å². The quantitative estimate of drug-likeness (QED) is 0.810. The first kappa shape index (κ1) is 15.0. The Hall–Kier alpha value is -2.07. The van der Waals surface area contributed by atoms with Crippen molar-refractivity contribution in [1.82, 2.24) is 10.3 Å². The fraction of sp³-hybridized carbons (Fsp3) is 0.333. The lowest BCUT2D eigenvalue weighted by Crippen LogP contribution is -2.34. The smallest absolute Gasteiger partial charge is 0.395 e. The van der Waals surface area contributed by atoms with Gasteiger partial charge in [-0.15, -0.1) is 0 Å². The Morgan fingerprint density at radius 2 is 2.21 bits per heavy atom. The molecule has 0 aromatic carbocycles. The summed E-state index contributed by atoms with van der Waals surface area (Å²) in [5, 5.41) is 10.3. The molecule has 0 atom stereocenters. The van der Waals surface area contributed by atoms with Gasteiger partial charge in [0.1, 0.15) is 6.54 Å². The maximum Gasteiger partial charge on any atom is 0.405 e. The lowest BCUT2D eigenvalue weighted by Gasteiger charge is -2.09. The van der Waals surface area contributed by atoms with Gasteiger partial charge < -0.3 is 10.4 Å². The molecule has 2 N–H and O–H groups in total. The number of halogens is 3. The van der Waals surface area contributed by atoms with Gasteiger partial charge in [-0.1, -0.05) is 11.8 Å². The predicted molar refractivity (Wildman–Crippen MR) is 61.2 cm³/mol. The van der Waals surface area contributed by atoms with Crippen LogP contribution in [0.5, 0.6) is 0 Å². The molecule has 0 radical (unpaired) electrons. The highest BCUT2D eigenvalue weighted by molar-refractivity contribution is 5.96. The van der Waals surface area contributed by atoms with Gasteiger partial charge in [0.2, 0.25) is 0 Å². The topological polar surface area (TPSA) is 62.2 Å². The van der Waals surface area contributed by atoms with Crippen LogP contribution in [0.15, 0.2) is 18.5 Å². The fourth-order valence-electron chi connectivity index (χ4n) is 1.18. The Labute approximate surface area is 107 Å². The van der Waals surface area contributed by atoms with E-state index in [2.05, 4.69) is 16.8 Å². The minimum atomic E-state index is -4.47. The van der Waals surface area contributed by atoms with E-state index in [0.29, 0.717) is 0 Å². The second kappa shape index (κ2) is 6.75. The largest absolute Gasteiger partial charge is 0.405 e. The van der Waals surface area contributed by atoms with E-state index in [1.165, 1.54) is 18.5 Å². The Balaban J connectivity index is 2.83. The summed E-state index contributed by atoms with van der Waals surface area (Å²) in [7, 11) is 0. The molecular formula is C12H11F3N2O2. The molecule has 1 amide bonds. The van der Waals surface area contributed by atoms with Crippen LogP contribution in [-0.4, -0.2) is 35.3 Å². The number of carbonyl (C=O) groups excluding carboxylic acids is 1. The minimum Gasteiger partial charge on any atom is -0.395 e. The van der Waals surface area contributed by atoms with Crippen molar-refractivity contribution < 1.29 is 23.1 Å². The summed E-state index contributed by atoms with van der Waals surface area (Å²) in [4.78, 5) is 15.3. The van der Waals surface area contributed by atoms with Gasteiger partial charge in [-0.05, 0) is 6.07 Å². The zero-order valence-electron chi connectivity index (χ0n) is 9.79. The van der Waals surface area contributed by atoms with Gasteiger partial charge in [-0.2, -0.15) is 13.2 Å². The number of rotatable bonds is 3. The molecule has 0 aliphatic heterocycles. The maximum absolute atomic E-state index is 12.0. The molecule has 0 aliphatic rings. The third-order valence-electron chi connectivity index (χ3n) is 1.97. The summed E-state index contributed by atoms with van der Waals surface area (Å²) in [6, 6.07) is 1.29. The number of nitrogens with one attached hydrogen (secondary N) is 1.